The van der Waals surface area contributed by atoms with E-state index in [4.69, 9.17) is 9.47 Å². The van der Waals surface area contributed by atoms with Crippen LogP contribution in [0.2, 0.25) is 0 Å². The minimum Gasteiger partial charge on any atom is -0.744 e. The molecule has 0 aliphatic heterocycles. The number of aromatic nitrogens is 2. The van der Waals surface area contributed by atoms with Crippen molar-refractivity contribution < 1.29 is 27.2 Å². The molecule has 0 amide bonds. The van der Waals surface area contributed by atoms with E-state index >= 15 is 0 Å². The molecule has 0 fully saturated rings. The first-order valence-electron chi connectivity index (χ1n) is 9.69. The Balaban J connectivity index is 1.68. The lowest BCUT2D eigenvalue weighted by atomic mass is 10.1. The van der Waals surface area contributed by atoms with Crippen LogP contribution >= 0.6 is 11.3 Å². The van der Waals surface area contributed by atoms with Gasteiger partial charge in [0.25, 0.3) is 5.56 Å². The zero-order chi connectivity index (χ0) is 24.5. The van der Waals surface area contributed by atoms with Crippen LogP contribution in [0.1, 0.15) is 15.2 Å². The van der Waals surface area contributed by atoms with Crippen molar-refractivity contribution in [2.45, 2.75) is 4.90 Å². The van der Waals surface area contributed by atoms with E-state index in [2.05, 4.69) is 11.7 Å². The van der Waals surface area contributed by atoms with Crippen LogP contribution in [0.4, 0.5) is 0 Å². The van der Waals surface area contributed by atoms with E-state index < -0.39 is 26.5 Å². The summed E-state index contributed by atoms with van der Waals surface area (Å²) in [7, 11) is -3.16. The van der Waals surface area contributed by atoms with Gasteiger partial charge in [-0.2, -0.15) is 0 Å². The van der Waals surface area contributed by atoms with Gasteiger partial charge in [-0.25, -0.2) is 17.9 Å². The number of rotatable bonds is 6. The molecule has 2 aromatic carbocycles. The van der Waals surface area contributed by atoms with Crippen LogP contribution in [0.25, 0.3) is 18.3 Å². The number of ether oxygens (including phenoxy) is 2. The van der Waals surface area contributed by atoms with Crippen LogP contribution in [0.15, 0.2) is 69.7 Å². The SMILES string of the molecule is C=c1[nH]n(-c2ccc(S(=O)(=O)[O-])cc2)c(=O)/c1=C\c1ccc(OC(=O)c2cccs2)c(OC)c1. The van der Waals surface area contributed by atoms with E-state index in [1.54, 1.807) is 41.8 Å². The number of carbonyl (C=O) groups is 1. The molecule has 0 bridgehead atoms. The average molecular weight is 498 g/mol. The van der Waals surface area contributed by atoms with Crippen LogP contribution in [0.5, 0.6) is 11.5 Å². The summed E-state index contributed by atoms with van der Waals surface area (Å²) in [5.74, 6) is 0.0247. The summed E-state index contributed by atoms with van der Waals surface area (Å²) in [6.45, 7) is 3.86. The molecule has 0 unspecified atom stereocenters. The van der Waals surface area contributed by atoms with Gasteiger partial charge >= 0.3 is 5.97 Å². The second kappa shape index (κ2) is 9.14. The van der Waals surface area contributed by atoms with Gasteiger partial charge in [-0.05, 0) is 59.5 Å². The number of H-pyrrole nitrogens is 1. The van der Waals surface area contributed by atoms with Crippen LogP contribution in [-0.2, 0) is 10.1 Å². The Kier molecular flexibility index (Phi) is 6.24. The van der Waals surface area contributed by atoms with Gasteiger partial charge in [-0.3, -0.25) is 9.89 Å². The highest BCUT2D eigenvalue weighted by atomic mass is 32.2. The fourth-order valence-corrected chi connectivity index (χ4v) is 4.23. The minimum atomic E-state index is -4.59. The zero-order valence-corrected chi connectivity index (χ0v) is 19.3. The lowest BCUT2D eigenvalue weighted by Gasteiger charge is -2.09. The number of carbonyl (C=O) groups excluding carboxylic acids is 1. The Morgan fingerprint density at radius 1 is 1.15 bits per heavy atom. The van der Waals surface area contributed by atoms with Gasteiger partial charge < -0.3 is 14.0 Å². The van der Waals surface area contributed by atoms with Gasteiger partial charge in [0.2, 0.25) is 0 Å². The van der Waals surface area contributed by atoms with E-state index in [-0.39, 0.29) is 11.0 Å². The van der Waals surface area contributed by atoms with Crippen LogP contribution in [-0.4, -0.2) is 35.8 Å². The molecule has 34 heavy (non-hydrogen) atoms. The van der Waals surface area contributed by atoms with Crippen LogP contribution in [0.3, 0.4) is 0 Å². The second-order valence-corrected chi connectivity index (χ2v) is 9.34. The van der Waals surface area contributed by atoms with Crippen molar-refractivity contribution in [2.24, 2.45) is 0 Å². The third-order valence-corrected chi connectivity index (χ3v) is 6.51. The maximum atomic E-state index is 13.0. The monoisotopic (exact) mass is 497 g/mol. The van der Waals surface area contributed by atoms with Crippen molar-refractivity contribution in [3.63, 3.8) is 0 Å². The van der Waals surface area contributed by atoms with Crippen molar-refractivity contribution in [2.75, 3.05) is 7.11 Å². The molecular weight excluding hydrogens is 480 g/mol. The van der Waals surface area contributed by atoms with E-state index in [9.17, 15) is 22.6 Å². The third kappa shape index (κ3) is 4.71. The Morgan fingerprint density at radius 2 is 1.88 bits per heavy atom. The summed E-state index contributed by atoms with van der Waals surface area (Å²) in [5.41, 5.74) is 0.485. The second-order valence-electron chi connectivity index (χ2n) is 7.01. The maximum Gasteiger partial charge on any atom is 0.353 e. The molecule has 174 valence electrons. The average Bonchev–Trinajstić information content (AvgIpc) is 3.44. The van der Waals surface area contributed by atoms with Crippen molar-refractivity contribution in [1.29, 1.82) is 0 Å². The van der Waals surface area contributed by atoms with E-state index in [1.165, 1.54) is 35.3 Å². The highest BCUT2D eigenvalue weighted by Crippen LogP contribution is 2.29. The molecule has 0 aliphatic carbocycles. The summed E-state index contributed by atoms with van der Waals surface area (Å²) in [6.07, 6.45) is 1.58. The fourth-order valence-electron chi connectivity index (χ4n) is 3.16. The van der Waals surface area contributed by atoms with Gasteiger partial charge in [0.1, 0.15) is 15.0 Å². The summed E-state index contributed by atoms with van der Waals surface area (Å²) in [6, 6.07) is 13.2. The molecule has 0 atom stereocenters. The number of benzene rings is 2. The molecular formula is C23H17N2O7S2-. The smallest absolute Gasteiger partial charge is 0.353 e. The van der Waals surface area contributed by atoms with E-state index in [1.807, 2.05) is 0 Å². The van der Waals surface area contributed by atoms with Crippen molar-refractivity contribution in [3.05, 3.63) is 91.3 Å². The molecule has 9 nitrogen and oxygen atoms in total. The summed E-state index contributed by atoms with van der Waals surface area (Å²) in [4.78, 5) is 25.2. The van der Waals surface area contributed by atoms with Gasteiger partial charge in [-0.15, -0.1) is 11.3 Å². The number of esters is 1. The predicted octanol–water partition coefficient (Wildman–Crippen LogP) is 1.60. The quantitative estimate of drug-likeness (QED) is 0.243. The fraction of sp³-hybridized carbons (Fsp3) is 0.0435. The van der Waals surface area contributed by atoms with Crippen molar-refractivity contribution >= 4 is 40.1 Å². The third-order valence-electron chi connectivity index (χ3n) is 4.81. The minimum absolute atomic E-state index is 0.229. The lowest BCUT2D eigenvalue weighted by molar-refractivity contribution is 0.0734. The Labute approximate surface area is 197 Å². The molecule has 4 aromatic rings. The molecule has 2 heterocycles. The number of aromatic amines is 1. The predicted molar refractivity (Wildman–Crippen MR) is 125 cm³/mol. The summed E-state index contributed by atoms with van der Waals surface area (Å²) in [5, 5.41) is 5.17. The molecule has 0 aliphatic rings. The first-order chi connectivity index (χ1) is 16.2. The molecule has 0 radical (unpaired) electrons. The summed E-state index contributed by atoms with van der Waals surface area (Å²) < 4.78 is 45.3. The van der Waals surface area contributed by atoms with Gasteiger partial charge in [0.15, 0.2) is 11.5 Å². The topological polar surface area (TPSA) is 131 Å². The number of nitrogens with one attached hydrogen (secondary N) is 1. The molecule has 4 rings (SSSR count). The Morgan fingerprint density at radius 3 is 2.50 bits per heavy atom. The molecule has 0 saturated carbocycles. The maximum absolute atomic E-state index is 13.0. The van der Waals surface area contributed by atoms with Crippen molar-refractivity contribution in [1.82, 2.24) is 9.78 Å². The summed E-state index contributed by atoms with van der Waals surface area (Å²) >= 11 is 1.26. The molecule has 0 saturated heterocycles. The molecule has 11 heteroatoms. The lowest BCUT2D eigenvalue weighted by Crippen LogP contribution is -2.33. The zero-order valence-electron chi connectivity index (χ0n) is 17.7. The highest BCUT2D eigenvalue weighted by molar-refractivity contribution is 7.85. The van der Waals surface area contributed by atoms with Gasteiger partial charge in [0.05, 0.1) is 28.3 Å². The van der Waals surface area contributed by atoms with Crippen molar-refractivity contribution in [3.8, 4) is 17.2 Å². The Hall–Kier alpha value is -3.93. The van der Waals surface area contributed by atoms with Gasteiger partial charge in [0, 0.05) is 0 Å². The number of nitrogens with zero attached hydrogens (tertiary/aromatic N) is 1. The number of hydrogen-bond acceptors (Lipinski definition) is 8. The van der Waals surface area contributed by atoms with Gasteiger partial charge in [-0.1, -0.05) is 18.7 Å². The molecule has 1 N–H and O–H groups in total. The van der Waals surface area contributed by atoms with Crippen LogP contribution in [0, 0.1) is 0 Å². The number of methoxy groups -OCH3 is 1. The van der Waals surface area contributed by atoms with Crippen LogP contribution < -0.4 is 25.6 Å². The largest absolute Gasteiger partial charge is 0.744 e. The number of hydrogen-bond donors (Lipinski definition) is 1. The molecule has 2 aromatic heterocycles. The standard InChI is InChI=1S/C23H18N2O7S2/c1-14-18(22(26)25(24-14)16-6-8-17(9-7-16)34(28,29)30)12-15-5-10-19(20(13-15)31-2)32-23(27)21-4-3-11-33-21/h3-13,24H,1H2,2H3,(H,28,29,30)/p-1/b18-12-. The highest BCUT2D eigenvalue weighted by Gasteiger charge is 2.14. The number of thiophene rings is 1. The Bertz CT molecular complexity index is 1630. The molecule has 0 spiro atoms. The van der Waals surface area contributed by atoms with E-state index in [0.717, 1.165) is 12.1 Å². The normalized spacial score (nSPS) is 12.0. The first-order valence-corrected chi connectivity index (χ1v) is 12.0. The first kappa shape index (κ1) is 23.2. The van der Waals surface area contributed by atoms with E-state index in [0.29, 0.717) is 27.2 Å².